The zero-order chi connectivity index (χ0) is 10.7. The lowest BCUT2D eigenvalue weighted by atomic mass is 10.1. The molecule has 1 aromatic rings. The molecule has 1 aliphatic heterocycles. The molecule has 0 saturated heterocycles. The zero-order valence-corrected chi connectivity index (χ0v) is 10.8. The van der Waals surface area contributed by atoms with Gasteiger partial charge in [0.25, 0.3) is 0 Å². The summed E-state index contributed by atoms with van der Waals surface area (Å²) in [5.74, 6) is 0. The summed E-state index contributed by atoms with van der Waals surface area (Å²) >= 11 is 0. The van der Waals surface area contributed by atoms with Gasteiger partial charge in [-0.1, -0.05) is 25.9 Å². The normalized spacial score (nSPS) is 19.8. The average molecular weight is 220 g/mol. The highest BCUT2D eigenvalue weighted by atomic mass is 28.3. The molecule has 1 aromatic heterocycles. The van der Waals surface area contributed by atoms with Crippen molar-refractivity contribution >= 4 is 14.5 Å². The first-order valence-electron chi connectivity index (χ1n) is 6.02. The largest absolute Gasteiger partial charge is 0.384 e. The maximum Gasteiger partial charge on any atom is 0.0635 e. The van der Waals surface area contributed by atoms with Crippen LogP contribution in [0, 0.1) is 0 Å². The Balaban J connectivity index is 2.11. The number of nitrogens with one attached hydrogen (secondary N) is 1. The van der Waals surface area contributed by atoms with E-state index in [0.717, 1.165) is 5.54 Å². The summed E-state index contributed by atoms with van der Waals surface area (Å²) < 4.78 is 0. The second-order valence-electron chi connectivity index (χ2n) is 4.42. The topological polar surface area (TPSA) is 24.9 Å². The van der Waals surface area contributed by atoms with Gasteiger partial charge in [-0.25, -0.2) is 0 Å². The van der Waals surface area contributed by atoms with E-state index in [-0.39, 0.29) is 0 Å². The Morgan fingerprint density at radius 1 is 1.47 bits per heavy atom. The highest BCUT2D eigenvalue weighted by Gasteiger charge is 2.25. The van der Waals surface area contributed by atoms with Crippen molar-refractivity contribution in [3.63, 3.8) is 0 Å². The van der Waals surface area contributed by atoms with Gasteiger partial charge in [0.05, 0.1) is 11.4 Å². The molecule has 2 nitrogen and oxygen atoms in total. The maximum absolute atomic E-state index is 4.48. The van der Waals surface area contributed by atoms with E-state index in [1.54, 1.807) is 0 Å². The zero-order valence-electron chi connectivity index (χ0n) is 9.66. The summed E-state index contributed by atoms with van der Waals surface area (Å²) in [6.45, 7) is 5.89. The maximum atomic E-state index is 4.48. The minimum atomic E-state index is -0.535. The number of fused-ring (bicyclic) bond motifs is 1. The molecule has 15 heavy (non-hydrogen) atoms. The van der Waals surface area contributed by atoms with E-state index in [9.17, 15) is 0 Å². The first-order chi connectivity index (χ1) is 7.35. The second-order valence-corrected chi connectivity index (χ2v) is 8.52. The first kappa shape index (κ1) is 10.7. The molecular formula is C12H20N2Si. The molecule has 0 amide bonds. The van der Waals surface area contributed by atoms with Crippen molar-refractivity contribution in [3.8, 4) is 0 Å². The van der Waals surface area contributed by atoms with Gasteiger partial charge in [0.15, 0.2) is 0 Å². The first-order valence-corrected chi connectivity index (χ1v) is 8.32. The van der Waals surface area contributed by atoms with E-state index in [0.29, 0.717) is 0 Å². The van der Waals surface area contributed by atoms with E-state index < -0.39 is 8.80 Å². The molecule has 3 heteroatoms. The van der Waals surface area contributed by atoms with Crippen LogP contribution in [0.5, 0.6) is 0 Å². The summed E-state index contributed by atoms with van der Waals surface area (Å²) in [6, 6.07) is 7.00. The van der Waals surface area contributed by atoms with Gasteiger partial charge >= 0.3 is 0 Å². The predicted molar refractivity (Wildman–Crippen MR) is 68.3 cm³/mol. The van der Waals surface area contributed by atoms with Crippen LogP contribution in [-0.4, -0.2) is 20.3 Å². The SMILES string of the molecule is CC[SiH](CC)[C@H]1CNc2cccnc2C1. The molecular weight excluding hydrogens is 200 g/mol. The van der Waals surface area contributed by atoms with Crippen molar-refractivity contribution in [2.75, 3.05) is 11.9 Å². The second kappa shape index (κ2) is 4.79. The van der Waals surface area contributed by atoms with Gasteiger partial charge in [-0.05, 0) is 24.1 Å². The Hall–Kier alpha value is -0.833. The van der Waals surface area contributed by atoms with Gasteiger partial charge in [0, 0.05) is 21.5 Å². The van der Waals surface area contributed by atoms with Crippen molar-refractivity contribution in [2.45, 2.75) is 37.9 Å². The van der Waals surface area contributed by atoms with Crippen LogP contribution in [0.4, 0.5) is 5.69 Å². The Morgan fingerprint density at radius 2 is 2.27 bits per heavy atom. The molecule has 1 aliphatic rings. The summed E-state index contributed by atoms with van der Waals surface area (Å²) in [4.78, 5) is 4.48. The molecule has 0 aromatic carbocycles. The Morgan fingerprint density at radius 3 is 3.00 bits per heavy atom. The monoisotopic (exact) mass is 220 g/mol. The number of anilines is 1. The lowest BCUT2D eigenvalue weighted by Gasteiger charge is -2.29. The fraction of sp³-hybridized carbons (Fsp3) is 0.583. The van der Waals surface area contributed by atoms with Crippen LogP contribution in [-0.2, 0) is 6.42 Å². The van der Waals surface area contributed by atoms with Crippen molar-refractivity contribution in [3.05, 3.63) is 24.0 Å². The fourth-order valence-electron chi connectivity index (χ4n) is 2.61. The van der Waals surface area contributed by atoms with Crippen LogP contribution in [0.25, 0.3) is 0 Å². The van der Waals surface area contributed by atoms with Crippen molar-refractivity contribution in [1.82, 2.24) is 4.98 Å². The van der Waals surface area contributed by atoms with E-state index in [1.165, 1.54) is 36.4 Å². The third-order valence-corrected chi connectivity index (χ3v) is 7.52. The van der Waals surface area contributed by atoms with Crippen LogP contribution in [0.3, 0.4) is 0 Å². The van der Waals surface area contributed by atoms with Crippen LogP contribution in [0.1, 0.15) is 19.5 Å². The molecule has 0 spiro atoms. The Kier molecular flexibility index (Phi) is 3.41. The molecule has 0 bridgehead atoms. The van der Waals surface area contributed by atoms with Crippen LogP contribution >= 0.6 is 0 Å². The quantitative estimate of drug-likeness (QED) is 0.792. The standard InChI is InChI=1S/C12H20N2Si/c1-3-15(4-2)10-8-12-11(14-9-10)6-5-7-13-12/h5-7,10,14-15H,3-4,8-9H2,1-2H3/t10-/m1/s1. The van der Waals surface area contributed by atoms with Crippen molar-refractivity contribution in [2.24, 2.45) is 0 Å². The highest BCUT2D eigenvalue weighted by Crippen LogP contribution is 2.29. The molecule has 1 atom stereocenters. The van der Waals surface area contributed by atoms with Crippen LogP contribution in [0.15, 0.2) is 18.3 Å². The number of hydrogen-bond acceptors (Lipinski definition) is 2. The Labute approximate surface area is 93.7 Å². The summed E-state index contributed by atoms with van der Waals surface area (Å²) in [6.07, 6.45) is 3.12. The number of aromatic nitrogens is 1. The van der Waals surface area contributed by atoms with Gasteiger partial charge in [0.2, 0.25) is 0 Å². The lowest BCUT2D eigenvalue weighted by Crippen LogP contribution is -2.30. The molecule has 1 N–H and O–H groups in total. The molecule has 0 radical (unpaired) electrons. The molecule has 82 valence electrons. The molecule has 0 fully saturated rings. The minimum absolute atomic E-state index is 0.535. The van der Waals surface area contributed by atoms with Crippen LogP contribution in [0.2, 0.25) is 17.6 Å². The molecule has 0 aliphatic carbocycles. The van der Waals surface area contributed by atoms with Gasteiger partial charge in [-0.15, -0.1) is 0 Å². The summed E-state index contributed by atoms with van der Waals surface area (Å²) in [7, 11) is -0.535. The minimum Gasteiger partial charge on any atom is -0.384 e. The fourth-order valence-corrected chi connectivity index (χ4v) is 5.53. The van der Waals surface area contributed by atoms with Crippen molar-refractivity contribution in [1.29, 1.82) is 0 Å². The summed E-state index contributed by atoms with van der Waals surface area (Å²) in [5.41, 5.74) is 3.45. The molecule has 2 heterocycles. The highest BCUT2D eigenvalue weighted by molar-refractivity contribution is 6.60. The van der Waals surface area contributed by atoms with Crippen molar-refractivity contribution < 1.29 is 0 Å². The van der Waals surface area contributed by atoms with Gasteiger partial charge in [-0.3, -0.25) is 4.98 Å². The predicted octanol–water partition coefficient (Wildman–Crippen LogP) is 2.69. The third-order valence-electron chi connectivity index (χ3n) is 3.62. The molecule has 0 unspecified atom stereocenters. The van der Waals surface area contributed by atoms with E-state index >= 15 is 0 Å². The van der Waals surface area contributed by atoms with E-state index in [4.69, 9.17) is 0 Å². The van der Waals surface area contributed by atoms with E-state index in [2.05, 4.69) is 30.2 Å². The van der Waals surface area contributed by atoms with Gasteiger partial charge in [0.1, 0.15) is 0 Å². The summed E-state index contributed by atoms with van der Waals surface area (Å²) in [5, 5.41) is 3.53. The number of rotatable bonds is 3. The third kappa shape index (κ3) is 2.22. The number of pyridine rings is 1. The van der Waals surface area contributed by atoms with Crippen LogP contribution < -0.4 is 5.32 Å². The molecule has 2 rings (SSSR count). The molecule has 0 saturated carbocycles. The Bertz CT molecular complexity index is 323. The van der Waals surface area contributed by atoms with E-state index in [1.807, 2.05) is 12.3 Å². The van der Waals surface area contributed by atoms with Gasteiger partial charge < -0.3 is 5.32 Å². The number of hydrogen-bond donors (Lipinski definition) is 1. The number of nitrogens with zero attached hydrogens (tertiary/aromatic N) is 1. The van der Waals surface area contributed by atoms with Gasteiger partial charge in [-0.2, -0.15) is 0 Å². The smallest absolute Gasteiger partial charge is 0.0635 e. The lowest BCUT2D eigenvalue weighted by molar-refractivity contribution is 0.772. The average Bonchev–Trinajstić information content (AvgIpc) is 2.30.